The second-order valence-electron chi connectivity index (χ2n) is 3.34. The first-order chi connectivity index (χ1) is 7.88. The van der Waals surface area contributed by atoms with Crippen molar-refractivity contribution in [1.29, 1.82) is 0 Å². The Bertz CT molecular complexity index is 445. The van der Waals surface area contributed by atoms with Crippen LogP contribution in [0.15, 0.2) is 47.9 Å². The van der Waals surface area contributed by atoms with Crippen LogP contribution in [-0.4, -0.2) is 9.97 Å². The minimum atomic E-state index is 0.584. The largest absolute Gasteiger partial charge is 0.326 e. The van der Waals surface area contributed by atoms with Gasteiger partial charge >= 0.3 is 0 Å². The average molecular weight is 231 g/mol. The maximum absolute atomic E-state index is 5.59. The summed E-state index contributed by atoms with van der Waals surface area (Å²) in [6.07, 6.45) is 3.51. The summed E-state index contributed by atoms with van der Waals surface area (Å²) >= 11 is 1.63. The molecule has 1 aromatic heterocycles. The van der Waals surface area contributed by atoms with Crippen molar-refractivity contribution in [3.05, 3.63) is 53.9 Å². The molecule has 0 aliphatic rings. The summed E-state index contributed by atoms with van der Waals surface area (Å²) in [5.74, 6) is 0.873. The van der Waals surface area contributed by atoms with Crippen LogP contribution in [0.25, 0.3) is 0 Å². The maximum atomic E-state index is 5.59. The number of benzene rings is 1. The smallest absolute Gasteiger partial charge is 0.187 e. The topological polar surface area (TPSA) is 51.8 Å². The highest BCUT2D eigenvalue weighted by molar-refractivity contribution is 7.98. The average Bonchev–Trinajstić information content (AvgIpc) is 2.38. The van der Waals surface area contributed by atoms with Crippen molar-refractivity contribution in [2.75, 3.05) is 0 Å². The summed E-state index contributed by atoms with van der Waals surface area (Å²) in [6, 6.07) is 10.1. The number of rotatable bonds is 4. The summed E-state index contributed by atoms with van der Waals surface area (Å²) in [7, 11) is 0. The molecule has 0 unspecified atom stereocenters. The molecule has 0 radical (unpaired) electrons. The van der Waals surface area contributed by atoms with E-state index in [2.05, 4.69) is 22.1 Å². The van der Waals surface area contributed by atoms with E-state index in [1.165, 1.54) is 5.56 Å². The molecule has 0 bridgehead atoms. The number of nitrogens with two attached hydrogens (primary N) is 1. The molecule has 4 heteroatoms. The van der Waals surface area contributed by atoms with E-state index in [0.29, 0.717) is 6.54 Å². The van der Waals surface area contributed by atoms with Gasteiger partial charge in [0.05, 0.1) is 0 Å². The third-order valence-corrected chi connectivity index (χ3v) is 3.08. The first-order valence-electron chi connectivity index (χ1n) is 5.06. The molecule has 0 saturated heterocycles. The summed E-state index contributed by atoms with van der Waals surface area (Å²) < 4.78 is 0. The minimum absolute atomic E-state index is 0.584. The Hall–Kier alpha value is -1.39. The normalized spacial score (nSPS) is 10.3. The molecule has 0 fully saturated rings. The van der Waals surface area contributed by atoms with Crippen molar-refractivity contribution in [3.8, 4) is 0 Å². The Balaban J connectivity index is 1.99. The van der Waals surface area contributed by atoms with E-state index in [1.807, 2.05) is 18.2 Å². The molecule has 3 nitrogen and oxygen atoms in total. The lowest BCUT2D eigenvalue weighted by Gasteiger charge is -2.02. The molecule has 1 aromatic carbocycles. The van der Waals surface area contributed by atoms with Gasteiger partial charge in [0, 0.05) is 24.7 Å². The predicted molar refractivity (Wildman–Crippen MR) is 65.9 cm³/mol. The summed E-state index contributed by atoms with van der Waals surface area (Å²) in [6.45, 7) is 0.584. The predicted octanol–water partition coefficient (Wildman–Crippen LogP) is 2.23. The van der Waals surface area contributed by atoms with Crippen LogP contribution in [0, 0.1) is 0 Å². The van der Waals surface area contributed by atoms with E-state index in [0.717, 1.165) is 16.5 Å². The quantitative estimate of drug-likeness (QED) is 0.647. The Morgan fingerprint density at radius 1 is 1.06 bits per heavy atom. The van der Waals surface area contributed by atoms with Crippen molar-refractivity contribution in [2.24, 2.45) is 5.73 Å². The van der Waals surface area contributed by atoms with Crippen molar-refractivity contribution >= 4 is 11.8 Å². The Morgan fingerprint density at radius 2 is 1.81 bits per heavy atom. The van der Waals surface area contributed by atoms with Gasteiger partial charge < -0.3 is 5.73 Å². The molecular formula is C12H13N3S. The van der Waals surface area contributed by atoms with Crippen molar-refractivity contribution in [3.63, 3.8) is 0 Å². The SMILES string of the molecule is NCc1cccc(CSc2ncccn2)c1. The molecule has 0 saturated carbocycles. The molecule has 2 N–H and O–H groups in total. The fourth-order valence-electron chi connectivity index (χ4n) is 1.35. The lowest BCUT2D eigenvalue weighted by atomic mass is 10.1. The first kappa shape index (κ1) is 11.1. The molecule has 0 spiro atoms. The summed E-state index contributed by atoms with van der Waals surface area (Å²) in [4.78, 5) is 8.33. The third kappa shape index (κ3) is 3.05. The van der Waals surface area contributed by atoms with Crippen LogP contribution in [0.4, 0.5) is 0 Å². The van der Waals surface area contributed by atoms with E-state index in [-0.39, 0.29) is 0 Å². The number of nitrogens with zero attached hydrogens (tertiary/aromatic N) is 2. The van der Waals surface area contributed by atoms with Crippen LogP contribution in [0.2, 0.25) is 0 Å². The Labute approximate surface area is 99.1 Å². The highest BCUT2D eigenvalue weighted by Gasteiger charge is 1.98. The zero-order valence-electron chi connectivity index (χ0n) is 8.84. The lowest BCUT2D eigenvalue weighted by molar-refractivity contribution is 0.966. The third-order valence-electron chi connectivity index (χ3n) is 2.14. The molecule has 16 heavy (non-hydrogen) atoms. The molecule has 2 aromatic rings. The monoisotopic (exact) mass is 231 g/mol. The van der Waals surface area contributed by atoms with Crippen LogP contribution < -0.4 is 5.73 Å². The standard InChI is InChI=1S/C12H13N3S/c13-8-10-3-1-4-11(7-10)9-16-12-14-5-2-6-15-12/h1-7H,8-9,13H2. The number of hydrogen-bond donors (Lipinski definition) is 1. The number of aromatic nitrogens is 2. The summed E-state index contributed by atoms with van der Waals surface area (Å²) in [5.41, 5.74) is 8.00. The molecule has 0 amide bonds. The van der Waals surface area contributed by atoms with Gasteiger partial charge in [-0.15, -0.1) is 0 Å². The van der Waals surface area contributed by atoms with Gasteiger partial charge in [0.2, 0.25) is 0 Å². The van der Waals surface area contributed by atoms with Crippen LogP contribution in [0.1, 0.15) is 11.1 Å². The Morgan fingerprint density at radius 3 is 2.56 bits per heavy atom. The summed E-state index contributed by atoms with van der Waals surface area (Å²) in [5, 5.41) is 0.806. The molecular weight excluding hydrogens is 218 g/mol. The zero-order valence-corrected chi connectivity index (χ0v) is 9.65. The van der Waals surface area contributed by atoms with Crippen LogP contribution in [0.5, 0.6) is 0 Å². The van der Waals surface area contributed by atoms with Gasteiger partial charge in [0.15, 0.2) is 5.16 Å². The van der Waals surface area contributed by atoms with E-state index < -0.39 is 0 Å². The van der Waals surface area contributed by atoms with E-state index in [4.69, 9.17) is 5.73 Å². The second kappa shape index (κ2) is 5.63. The number of thioether (sulfide) groups is 1. The molecule has 82 valence electrons. The van der Waals surface area contributed by atoms with Gasteiger partial charge in [-0.25, -0.2) is 9.97 Å². The van der Waals surface area contributed by atoms with Crippen LogP contribution in [0.3, 0.4) is 0 Å². The van der Waals surface area contributed by atoms with Gasteiger partial charge in [0.1, 0.15) is 0 Å². The highest BCUT2D eigenvalue weighted by atomic mass is 32.2. The maximum Gasteiger partial charge on any atom is 0.187 e. The van der Waals surface area contributed by atoms with Gasteiger partial charge in [-0.05, 0) is 17.2 Å². The Kier molecular flexibility index (Phi) is 3.91. The molecule has 0 aliphatic heterocycles. The molecule has 0 atom stereocenters. The minimum Gasteiger partial charge on any atom is -0.326 e. The van der Waals surface area contributed by atoms with E-state index in [1.54, 1.807) is 24.2 Å². The van der Waals surface area contributed by atoms with E-state index in [9.17, 15) is 0 Å². The van der Waals surface area contributed by atoms with Crippen molar-refractivity contribution in [2.45, 2.75) is 17.5 Å². The van der Waals surface area contributed by atoms with Crippen molar-refractivity contribution < 1.29 is 0 Å². The fraction of sp³-hybridized carbons (Fsp3) is 0.167. The molecule has 1 heterocycles. The second-order valence-corrected chi connectivity index (χ2v) is 4.29. The van der Waals surface area contributed by atoms with E-state index >= 15 is 0 Å². The molecule has 0 aliphatic carbocycles. The number of hydrogen-bond acceptors (Lipinski definition) is 4. The fourth-order valence-corrected chi connectivity index (χ4v) is 2.10. The van der Waals surface area contributed by atoms with Crippen LogP contribution in [-0.2, 0) is 12.3 Å². The highest BCUT2D eigenvalue weighted by Crippen LogP contribution is 2.18. The lowest BCUT2D eigenvalue weighted by Crippen LogP contribution is -1.96. The van der Waals surface area contributed by atoms with Gasteiger partial charge in [0.25, 0.3) is 0 Å². The van der Waals surface area contributed by atoms with Gasteiger partial charge in [-0.3, -0.25) is 0 Å². The van der Waals surface area contributed by atoms with Crippen molar-refractivity contribution in [1.82, 2.24) is 9.97 Å². The zero-order chi connectivity index (χ0) is 11.2. The van der Waals surface area contributed by atoms with Gasteiger partial charge in [-0.2, -0.15) is 0 Å². The molecule has 2 rings (SSSR count). The van der Waals surface area contributed by atoms with Gasteiger partial charge in [-0.1, -0.05) is 36.0 Å². The van der Waals surface area contributed by atoms with Crippen LogP contribution >= 0.6 is 11.8 Å². The first-order valence-corrected chi connectivity index (χ1v) is 6.05.